The maximum absolute atomic E-state index is 8.58. The van der Waals surface area contributed by atoms with E-state index in [0.29, 0.717) is 4.88 Å². The number of rotatable bonds is 1. The van der Waals surface area contributed by atoms with Crippen LogP contribution in [0.3, 0.4) is 0 Å². The first-order valence-electron chi connectivity index (χ1n) is 2.07. The molecule has 0 aliphatic heterocycles. The fraction of sp³-hybridized carbons (Fsp3) is 0.250. The van der Waals surface area contributed by atoms with Gasteiger partial charge in [0, 0.05) is 6.20 Å². The molecule has 3 nitrogen and oxygen atoms in total. The highest BCUT2D eigenvalue weighted by Crippen LogP contribution is 2.17. The summed E-state index contributed by atoms with van der Waals surface area (Å²) < 4.78 is 0. The Bertz CT molecular complexity index is 174. The maximum atomic E-state index is 8.58. The van der Waals surface area contributed by atoms with Crippen LogP contribution in [0.25, 0.3) is 0 Å². The number of nitrogens with zero attached hydrogens (tertiary/aromatic N) is 1. The molecule has 2 N–H and O–H groups in total. The second-order valence-corrected chi connectivity index (χ2v) is 2.36. The zero-order valence-corrected chi connectivity index (χ0v) is 4.85. The Hall–Kier alpha value is -0.610. The minimum Gasteiger partial charge on any atom is -0.486 e. The highest BCUT2D eigenvalue weighted by molar-refractivity contribution is 7.13. The fourth-order valence-electron chi connectivity index (χ4n) is 0.370. The van der Waals surface area contributed by atoms with Crippen LogP contribution in [0.1, 0.15) is 4.88 Å². The molecule has 0 unspecified atom stereocenters. The summed E-state index contributed by atoms with van der Waals surface area (Å²) in [6, 6.07) is 0. The Labute approximate surface area is 50.2 Å². The lowest BCUT2D eigenvalue weighted by Crippen LogP contribution is -1.70. The van der Waals surface area contributed by atoms with E-state index in [2.05, 4.69) is 4.98 Å². The van der Waals surface area contributed by atoms with Gasteiger partial charge in [-0.15, -0.1) is 0 Å². The largest absolute Gasteiger partial charge is 0.486 e. The average Bonchev–Trinajstić information content (AvgIpc) is 2.14. The van der Waals surface area contributed by atoms with Crippen molar-refractivity contribution in [3.8, 4) is 5.19 Å². The van der Waals surface area contributed by atoms with Crippen LogP contribution in [0.15, 0.2) is 6.20 Å². The Balaban J connectivity index is 2.84. The van der Waals surface area contributed by atoms with Gasteiger partial charge in [-0.2, -0.15) is 0 Å². The molecule has 1 rings (SSSR count). The summed E-state index contributed by atoms with van der Waals surface area (Å²) >= 11 is 1.08. The minimum absolute atomic E-state index is 0.00838. The van der Waals surface area contributed by atoms with Crippen LogP contribution in [0.5, 0.6) is 5.19 Å². The molecule has 0 saturated carbocycles. The van der Waals surface area contributed by atoms with Crippen molar-refractivity contribution in [1.82, 2.24) is 4.98 Å². The monoisotopic (exact) mass is 131 g/mol. The Kier molecular flexibility index (Phi) is 1.45. The Morgan fingerprint density at radius 1 is 1.75 bits per heavy atom. The maximum Gasteiger partial charge on any atom is 0.270 e. The first-order chi connectivity index (χ1) is 3.83. The van der Waals surface area contributed by atoms with Crippen LogP contribution in [0, 0.1) is 0 Å². The van der Waals surface area contributed by atoms with Gasteiger partial charge in [-0.25, -0.2) is 4.98 Å². The lowest BCUT2D eigenvalue weighted by molar-refractivity contribution is 0.285. The zero-order chi connectivity index (χ0) is 5.98. The number of aliphatic hydroxyl groups is 1. The predicted molar refractivity (Wildman–Crippen MR) is 29.7 cm³/mol. The van der Waals surface area contributed by atoms with Crippen molar-refractivity contribution in [2.75, 3.05) is 0 Å². The van der Waals surface area contributed by atoms with Crippen LogP contribution >= 0.6 is 11.3 Å². The van der Waals surface area contributed by atoms with Gasteiger partial charge in [0.2, 0.25) is 0 Å². The number of aliphatic hydroxyl groups excluding tert-OH is 1. The second kappa shape index (κ2) is 2.11. The molecule has 0 atom stereocenters. The van der Waals surface area contributed by atoms with Crippen LogP contribution in [-0.2, 0) is 6.61 Å². The SMILES string of the molecule is OCc1cnc(O)s1. The summed E-state index contributed by atoms with van der Waals surface area (Å²) in [6.07, 6.45) is 1.44. The summed E-state index contributed by atoms with van der Waals surface area (Å²) in [5.74, 6) is 0. The molecule has 4 heteroatoms. The van der Waals surface area contributed by atoms with E-state index in [1.165, 1.54) is 6.20 Å². The van der Waals surface area contributed by atoms with E-state index in [9.17, 15) is 0 Å². The van der Waals surface area contributed by atoms with E-state index in [0.717, 1.165) is 11.3 Å². The summed E-state index contributed by atoms with van der Waals surface area (Å²) in [5, 5.41) is 17.0. The predicted octanol–water partition coefficient (Wildman–Crippen LogP) is 0.341. The van der Waals surface area contributed by atoms with Gasteiger partial charge in [0.15, 0.2) is 0 Å². The smallest absolute Gasteiger partial charge is 0.270 e. The molecule has 1 aromatic heterocycles. The van der Waals surface area contributed by atoms with Gasteiger partial charge in [-0.05, 0) is 0 Å². The van der Waals surface area contributed by atoms with E-state index < -0.39 is 0 Å². The van der Waals surface area contributed by atoms with Gasteiger partial charge >= 0.3 is 0 Å². The van der Waals surface area contributed by atoms with Gasteiger partial charge in [0.25, 0.3) is 5.19 Å². The molecule has 0 amide bonds. The molecule has 44 valence electrons. The Morgan fingerprint density at radius 2 is 2.50 bits per heavy atom. The summed E-state index contributed by atoms with van der Waals surface area (Å²) in [5.41, 5.74) is 0. The van der Waals surface area contributed by atoms with Crippen molar-refractivity contribution < 1.29 is 10.2 Å². The van der Waals surface area contributed by atoms with Gasteiger partial charge < -0.3 is 10.2 Å². The molecule has 0 aliphatic rings. The zero-order valence-electron chi connectivity index (χ0n) is 4.03. The molecule has 0 saturated heterocycles. The lowest BCUT2D eigenvalue weighted by Gasteiger charge is -1.77. The standard InChI is InChI=1S/C4H5NO2S/c6-2-3-1-5-4(7)8-3/h1,6H,2H2,(H,5,7). The highest BCUT2D eigenvalue weighted by Gasteiger charge is 1.94. The normalized spacial score (nSPS) is 9.62. The highest BCUT2D eigenvalue weighted by atomic mass is 32.1. The number of aromatic hydroxyl groups is 1. The molecule has 0 spiro atoms. The first kappa shape index (κ1) is 5.53. The average molecular weight is 131 g/mol. The van der Waals surface area contributed by atoms with Crippen molar-refractivity contribution in [2.45, 2.75) is 6.61 Å². The second-order valence-electron chi connectivity index (χ2n) is 1.27. The molecule has 0 fully saturated rings. The van der Waals surface area contributed by atoms with Gasteiger partial charge in [0.05, 0.1) is 11.5 Å². The molecule has 1 heterocycles. The molecule has 1 aromatic rings. The quantitative estimate of drug-likeness (QED) is 0.578. The van der Waals surface area contributed by atoms with E-state index in [4.69, 9.17) is 10.2 Å². The minimum atomic E-state index is -0.0434. The number of hydrogen-bond acceptors (Lipinski definition) is 4. The lowest BCUT2D eigenvalue weighted by atomic mass is 10.6. The van der Waals surface area contributed by atoms with Crippen molar-refractivity contribution in [2.24, 2.45) is 0 Å². The molecule has 8 heavy (non-hydrogen) atoms. The third-order valence-corrected chi connectivity index (χ3v) is 1.48. The van der Waals surface area contributed by atoms with Crippen LogP contribution in [0.2, 0.25) is 0 Å². The van der Waals surface area contributed by atoms with Gasteiger partial charge in [-0.1, -0.05) is 11.3 Å². The number of hydrogen-bond donors (Lipinski definition) is 2. The molecular formula is C4H5NO2S. The topological polar surface area (TPSA) is 53.4 Å². The van der Waals surface area contributed by atoms with Crippen molar-refractivity contribution in [3.63, 3.8) is 0 Å². The van der Waals surface area contributed by atoms with Crippen molar-refractivity contribution in [1.29, 1.82) is 0 Å². The molecule has 0 bridgehead atoms. The van der Waals surface area contributed by atoms with E-state index in [1.54, 1.807) is 0 Å². The van der Waals surface area contributed by atoms with E-state index in [-0.39, 0.29) is 11.8 Å². The molecule has 0 aromatic carbocycles. The van der Waals surface area contributed by atoms with Crippen LogP contribution in [-0.4, -0.2) is 15.2 Å². The number of thiazole rings is 1. The summed E-state index contributed by atoms with van der Waals surface area (Å²) in [7, 11) is 0. The van der Waals surface area contributed by atoms with Crippen molar-refractivity contribution in [3.05, 3.63) is 11.1 Å². The van der Waals surface area contributed by atoms with Crippen LogP contribution < -0.4 is 0 Å². The first-order valence-corrected chi connectivity index (χ1v) is 2.89. The molecular weight excluding hydrogens is 126 g/mol. The summed E-state index contributed by atoms with van der Waals surface area (Å²) in [4.78, 5) is 4.18. The van der Waals surface area contributed by atoms with Crippen LogP contribution in [0.4, 0.5) is 0 Å². The molecule has 0 aliphatic carbocycles. The number of aromatic nitrogens is 1. The van der Waals surface area contributed by atoms with Gasteiger partial charge in [0.1, 0.15) is 0 Å². The summed E-state index contributed by atoms with van der Waals surface area (Å²) in [6.45, 7) is -0.0434. The van der Waals surface area contributed by atoms with Gasteiger partial charge in [-0.3, -0.25) is 0 Å². The third-order valence-electron chi connectivity index (χ3n) is 0.697. The van der Waals surface area contributed by atoms with Crippen molar-refractivity contribution >= 4 is 11.3 Å². The molecule has 0 radical (unpaired) electrons. The van der Waals surface area contributed by atoms with E-state index in [1.807, 2.05) is 0 Å². The fourth-order valence-corrected chi connectivity index (χ4v) is 0.880. The third kappa shape index (κ3) is 0.962. The van der Waals surface area contributed by atoms with E-state index >= 15 is 0 Å². The Morgan fingerprint density at radius 3 is 2.75 bits per heavy atom.